The summed E-state index contributed by atoms with van der Waals surface area (Å²) in [6.07, 6.45) is 3.54. The molecule has 2 atom stereocenters. The monoisotopic (exact) mass is 692 g/mol. The van der Waals surface area contributed by atoms with Crippen molar-refractivity contribution in [3.8, 4) is 33.4 Å². The van der Waals surface area contributed by atoms with Crippen molar-refractivity contribution in [1.29, 1.82) is 0 Å². The maximum atomic E-state index is 7.98. The first-order valence-corrected chi connectivity index (χ1v) is 25.8. The Bertz CT molecular complexity index is 1890. The van der Waals surface area contributed by atoms with Crippen molar-refractivity contribution in [2.24, 2.45) is 5.92 Å². The minimum atomic E-state index is -4.07. The number of allylic oxidation sites excluding steroid dienone is 1. The van der Waals surface area contributed by atoms with Gasteiger partial charge in [0.05, 0.1) is 0 Å². The minimum absolute atomic E-state index is 0.0706. The van der Waals surface area contributed by atoms with Crippen LogP contribution in [0.4, 0.5) is 0 Å². The molecule has 0 amide bonds. The molecule has 5 aromatic carbocycles. The van der Waals surface area contributed by atoms with Crippen molar-refractivity contribution in [3.63, 3.8) is 0 Å². The number of halogens is 2. The van der Waals surface area contributed by atoms with Crippen LogP contribution < -0.4 is 13.6 Å². The molecule has 0 fully saturated rings. The first-order chi connectivity index (χ1) is 20.8. The molecule has 1 aliphatic carbocycles. The van der Waals surface area contributed by atoms with Gasteiger partial charge in [0.1, 0.15) is 0 Å². The van der Waals surface area contributed by atoms with Gasteiger partial charge in [-0.1, -0.05) is 0 Å². The molecule has 0 saturated heterocycles. The number of hydrogen-bond donors (Lipinski definition) is 0. The first-order valence-electron chi connectivity index (χ1n) is 15.4. The van der Waals surface area contributed by atoms with E-state index in [0.717, 1.165) is 6.42 Å². The van der Waals surface area contributed by atoms with Crippen molar-refractivity contribution in [2.45, 2.75) is 37.7 Å². The van der Waals surface area contributed by atoms with Crippen molar-refractivity contribution in [3.05, 3.63) is 131 Å². The van der Waals surface area contributed by atoms with E-state index < -0.39 is 27.4 Å². The second-order valence-electron chi connectivity index (χ2n) is 12.4. The molecule has 2 aliphatic rings. The van der Waals surface area contributed by atoms with Gasteiger partial charge in [-0.05, 0) is 0 Å². The second-order valence-corrected chi connectivity index (χ2v) is 28.2. The zero-order valence-electron chi connectivity index (χ0n) is 25.2. The van der Waals surface area contributed by atoms with E-state index in [9.17, 15) is 0 Å². The van der Waals surface area contributed by atoms with Crippen LogP contribution in [-0.2, 0) is 17.9 Å². The Balaban J connectivity index is 1.47. The van der Waals surface area contributed by atoms with E-state index in [1.54, 1.807) is 0 Å². The van der Waals surface area contributed by atoms with E-state index in [-0.39, 0.29) is 3.63 Å². The molecule has 214 valence electrons. The van der Waals surface area contributed by atoms with Crippen LogP contribution in [-0.4, -0.2) is 9.52 Å². The molecule has 2 unspecified atom stereocenters. The Morgan fingerprint density at radius 2 is 1.44 bits per heavy atom. The van der Waals surface area contributed by atoms with Crippen LogP contribution in [0.5, 0.6) is 0 Å². The average molecular weight is 695 g/mol. The SMILES string of the molecule is CCC(C)C1=Cc2c(ccc(-c3ccccc3)c2-c2cc(C)cc(C)c2)[CH]1[Zr]([Cl])([Cl])[c]1cccc2c1[SiH2]c1ccccc1-2. The zero-order chi connectivity index (χ0) is 29.9. The van der Waals surface area contributed by atoms with Crippen molar-refractivity contribution in [2.75, 3.05) is 0 Å². The Morgan fingerprint density at radius 1 is 0.744 bits per heavy atom. The second kappa shape index (κ2) is 11.5. The van der Waals surface area contributed by atoms with Gasteiger partial charge in [-0.2, -0.15) is 0 Å². The number of hydrogen-bond acceptors (Lipinski definition) is 0. The third-order valence-corrected chi connectivity index (χ3v) is 23.8. The number of aryl methyl sites for hydroxylation is 2. The van der Waals surface area contributed by atoms with Gasteiger partial charge in [0.25, 0.3) is 0 Å². The molecule has 7 rings (SSSR count). The van der Waals surface area contributed by atoms with Crippen LogP contribution in [0.1, 0.15) is 46.1 Å². The quantitative estimate of drug-likeness (QED) is 0.153. The van der Waals surface area contributed by atoms with Gasteiger partial charge in [-0.15, -0.1) is 0 Å². The molecular weight excluding hydrogens is 659 g/mol. The summed E-state index contributed by atoms with van der Waals surface area (Å²) in [5.74, 6) is 0.393. The van der Waals surface area contributed by atoms with Crippen LogP contribution in [0, 0.1) is 19.8 Å². The number of benzene rings is 5. The van der Waals surface area contributed by atoms with Crippen LogP contribution in [0.3, 0.4) is 0 Å². The van der Waals surface area contributed by atoms with Gasteiger partial charge in [0.15, 0.2) is 0 Å². The van der Waals surface area contributed by atoms with E-state index in [0.29, 0.717) is 5.92 Å². The Morgan fingerprint density at radius 3 is 2.19 bits per heavy atom. The molecule has 1 heterocycles. The number of fused-ring (bicyclic) bond motifs is 4. The Kier molecular flexibility index (Phi) is 7.80. The summed E-state index contributed by atoms with van der Waals surface area (Å²) in [7, 11) is 15.3. The van der Waals surface area contributed by atoms with Gasteiger partial charge in [-0.3, -0.25) is 0 Å². The standard InChI is InChI=1S/C27H27.C12H9Si.2ClH.Zr/c1-5-20(4)23-16-22-11-12-25(21-9-7-6-8-10-21)27(26(22)17-23)24-14-18(2)13-19(3)15-24;1-3-7-11-9(5-1)10-6-2-4-8-12(10)13-11;;;/h6-17,20H,5H2,1-4H3;1-7H,13H2;2*1H;/q;;;;+2/p-2. The predicted octanol–water partition coefficient (Wildman–Crippen LogP) is 9.01. The molecule has 5 aromatic rings. The fourth-order valence-electron chi connectivity index (χ4n) is 7.45. The fraction of sp³-hybridized carbons (Fsp3) is 0.179. The van der Waals surface area contributed by atoms with Crippen molar-refractivity contribution < 1.29 is 17.9 Å². The summed E-state index contributed by atoms with van der Waals surface area (Å²) in [5.41, 5.74) is 14.4. The van der Waals surface area contributed by atoms with Crippen molar-refractivity contribution in [1.82, 2.24) is 0 Å². The zero-order valence-corrected chi connectivity index (χ0v) is 30.6. The van der Waals surface area contributed by atoms with Crippen LogP contribution in [0.2, 0.25) is 0 Å². The maximum absolute atomic E-state index is 7.98. The van der Waals surface area contributed by atoms with E-state index in [4.69, 9.17) is 17.0 Å². The Labute approximate surface area is 270 Å². The molecule has 0 nitrogen and oxygen atoms in total. The molecule has 0 radical (unpaired) electrons. The van der Waals surface area contributed by atoms with Gasteiger partial charge in [0, 0.05) is 0 Å². The van der Waals surface area contributed by atoms with Gasteiger partial charge < -0.3 is 0 Å². The van der Waals surface area contributed by atoms with Crippen LogP contribution in [0.15, 0.2) is 109 Å². The van der Waals surface area contributed by atoms with Gasteiger partial charge in [0.2, 0.25) is 0 Å². The summed E-state index contributed by atoms with van der Waals surface area (Å²) in [4.78, 5) is 0. The molecule has 0 spiro atoms. The van der Waals surface area contributed by atoms with E-state index >= 15 is 0 Å². The summed E-state index contributed by atoms with van der Waals surface area (Å²) in [5, 5.41) is 2.99. The first kappa shape index (κ1) is 29.2. The normalized spacial score (nSPS) is 16.5. The molecular formula is C39H36Cl2SiZr. The molecule has 0 aromatic heterocycles. The number of rotatable bonds is 6. The third kappa shape index (κ3) is 5.00. The topological polar surface area (TPSA) is 0 Å². The van der Waals surface area contributed by atoms with E-state index in [1.807, 2.05) is 0 Å². The molecule has 0 saturated carbocycles. The van der Waals surface area contributed by atoms with Crippen molar-refractivity contribution >= 4 is 46.3 Å². The van der Waals surface area contributed by atoms with E-state index in [2.05, 4.69) is 137 Å². The molecule has 0 N–H and O–H groups in total. The van der Waals surface area contributed by atoms with Gasteiger partial charge >= 0.3 is 272 Å². The average Bonchev–Trinajstić information content (AvgIpc) is 3.59. The van der Waals surface area contributed by atoms with Crippen LogP contribution >= 0.6 is 17.0 Å². The van der Waals surface area contributed by atoms with Crippen LogP contribution in [0.25, 0.3) is 39.5 Å². The fourth-order valence-corrected chi connectivity index (χ4v) is 24.4. The Hall–Kier alpha value is -2.48. The molecule has 1 aliphatic heterocycles. The molecule has 4 heteroatoms. The van der Waals surface area contributed by atoms with E-state index in [1.165, 1.54) is 74.9 Å². The molecule has 43 heavy (non-hydrogen) atoms. The molecule has 0 bridgehead atoms. The van der Waals surface area contributed by atoms with Gasteiger partial charge in [-0.25, -0.2) is 0 Å². The summed E-state index contributed by atoms with van der Waals surface area (Å²) in [6, 6.07) is 38.1. The third-order valence-electron chi connectivity index (χ3n) is 9.58. The predicted molar refractivity (Wildman–Crippen MR) is 188 cm³/mol. The summed E-state index contributed by atoms with van der Waals surface area (Å²) >= 11 is -4.07. The summed E-state index contributed by atoms with van der Waals surface area (Å²) in [6.45, 7) is 9.04. The summed E-state index contributed by atoms with van der Waals surface area (Å²) < 4.78 is 1.37.